The minimum Gasteiger partial charge on any atom is -0.310 e. The smallest absolute Gasteiger partial charge is 0.0543 e. The number of thiophene rings is 1. The SMILES string of the molecule is CC1(C)c2cc(N(c3ccccc3)c3ccc4sc5ccccc5c4c3)c3ccccc3c2-c2ccc3c(c21)-c1ccccc1C(C)(C)C3(C)C. The van der Waals surface area contributed by atoms with Crippen LogP contribution in [0.25, 0.3) is 53.2 Å². The van der Waals surface area contributed by atoms with Crippen molar-refractivity contribution in [2.45, 2.75) is 57.8 Å². The zero-order valence-corrected chi connectivity index (χ0v) is 31.0. The Balaban J connectivity index is 1.27. The third-order valence-electron chi connectivity index (χ3n) is 12.8. The number of hydrogen-bond acceptors (Lipinski definition) is 2. The second kappa shape index (κ2) is 10.4. The highest BCUT2D eigenvalue weighted by molar-refractivity contribution is 7.25. The highest BCUT2D eigenvalue weighted by atomic mass is 32.1. The number of para-hydroxylation sites is 1. The molecule has 1 nitrogen and oxygen atoms in total. The topological polar surface area (TPSA) is 3.24 Å². The van der Waals surface area contributed by atoms with Gasteiger partial charge in [-0.1, -0.05) is 139 Å². The van der Waals surface area contributed by atoms with Crippen LogP contribution in [0.15, 0.2) is 140 Å². The number of rotatable bonds is 3. The quantitative estimate of drug-likeness (QED) is 0.180. The Morgan fingerprint density at radius 1 is 0.431 bits per heavy atom. The molecule has 0 aliphatic heterocycles. The maximum atomic E-state index is 2.52. The number of anilines is 3. The Bertz CT molecular complexity index is 2720. The van der Waals surface area contributed by atoms with Gasteiger partial charge in [0.25, 0.3) is 0 Å². The van der Waals surface area contributed by atoms with E-state index in [0.29, 0.717) is 0 Å². The molecule has 0 radical (unpaired) electrons. The van der Waals surface area contributed by atoms with Gasteiger partial charge in [-0.05, 0) is 103 Å². The second-order valence-electron chi connectivity index (χ2n) is 16.1. The summed E-state index contributed by atoms with van der Waals surface area (Å²) < 4.78 is 2.65. The van der Waals surface area contributed by atoms with E-state index >= 15 is 0 Å². The van der Waals surface area contributed by atoms with Crippen LogP contribution >= 0.6 is 11.3 Å². The highest BCUT2D eigenvalue weighted by Crippen LogP contribution is 2.62. The average Bonchev–Trinajstić information content (AvgIpc) is 3.63. The largest absolute Gasteiger partial charge is 0.310 e. The molecule has 2 aliphatic carbocycles. The molecule has 248 valence electrons. The lowest BCUT2D eigenvalue weighted by Gasteiger charge is -2.49. The number of hydrogen-bond donors (Lipinski definition) is 0. The molecule has 0 unspecified atom stereocenters. The van der Waals surface area contributed by atoms with Crippen LogP contribution in [0.2, 0.25) is 0 Å². The van der Waals surface area contributed by atoms with E-state index in [1.165, 1.54) is 86.8 Å². The minimum absolute atomic E-state index is 0.00857. The van der Waals surface area contributed by atoms with Gasteiger partial charge in [0.1, 0.15) is 0 Å². The van der Waals surface area contributed by atoms with Gasteiger partial charge in [-0.2, -0.15) is 0 Å². The van der Waals surface area contributed by atoms with Gasteiger partial charge in [0.15, 0.2) is 0 Å². The van der Waals surface area contributed by atoms with Gasteiger partial charge in [0, 0.05) is 42.3 Å². The first kappa shape index (κ1) is 30.6. The molecule has 51 heavy (non-hydrogen) atoms. The molecule has 1 heterocycles. The number of nitrogens with zero attached hydrogens (tertiary/aromatic N) is 1. The molecule has 0 atom stereocenters. The van der Waals surface area contributed by atoms with Crippen molar-refractivity contribution in [2.24, 2.45) is 0 Å². The van der Waals surface area contributed by atoms with Crippen molar-refractivity contribution >= 4 is 59.3 Å². The van der Waals surface area contributed by atoms with Gasteiger partial charge >= 0.3 is 0 Å². The molecule has 0 spiro atoms. The molecule has 10 rings (SSSR count). The van der Waals surface area contributed by atoms with Gasteiger partial charge in [0.2, 0.25) is 0 Å². The first-order chi connectivity index (χ1) is 24.6. The summed E-state index contributed by atoms with van der Waals surface area (Å²) in [7, 11) is 0. The molecule has 1 aromatic heterocycles. The van der Waals surface area contributed by atoms with E-state index < -0.39 is 0 Å². The first-order valence-electron chi connectivity index (χ1n) is 18.2. The predicted octanol–water partition coefficient (Wildman–Crippen LogP) is 14.2. The van der Waals surface area contributed by atoms with Gasteiger partial charge in [-0.3, -0.25) is 0 Å². The van der Waals surface area contributed by atoms with Crippen molar-refractivity contribution < 1.29 is 0 Å². The molecule has 0 bridgehead atoms. The van der Waals surface area contributed by atoms with Crippen LogP contribution in [0, 0.1) is 0 Å². The molecule has 2 heteroatoms. The molecule has 0 saturated heterocycles. The monoisotopic (exact) mass is 675 g/mol. The molecule has 0 saturated carbocycles. The summed E-state index contributed by atoms with van der Waals surface area (Å²) in [6.07, 6.45) is 0. The van der Waals surface area contributed by atoms with E-state index in [9.17, 15) is 0 Å². The van der Waals surface area contributed by atoms with Gasteiger partial charge in [-0.15, -0.1) is 11.3 Å². The fraction of sp³-hybridized carbons (Fsp3) is 0.184. The van der Waals surface area contributed by atoms with Crippen LogP contribution in [-0.2, 0) is 16.2 Å². The molecule has 0 fully saturated rings. The molecule has 2 aliphatic rings. The summed E-state index contributed by atoms with van der Waals surface area (Å²) in [5.74, 6) is 0. The van der Waals surface area contributed by atoms with Gasteiger partial charge < -0.3 is 4.90 Å². The van der Waals surface area contributed by atoms with Crippen LogP contribution in [0.5, 0.6) is 0 Å². The molecule has 0 N–H and O–H groups in total. The third-order valence-corrected chi connectivity index (χ3v) is 13.9. The number of benzene rings is 7. The van der Waals surface area contributed by atoms with Gasteiger partial charge in [0.05, 0.1) is 5.69 Å². The van der Waals surface area contributed by atoms with Crippen LogP contribution in [-0.4, -0.2) is 0 Å². The third kappa shape index (κ3) is 4.03. The minimum atomic E-state index is -0.227. The molecule has 7 aromatic carbocycles. The molecular weight excluding hydrogens is 635 g/mol. The van der Waals surface area contributed by atoms with Crippen molar-refractivity contribution in [1.29, 1.82) is 0 Å². The Morgan fingerprint density at radius 2 is 1.08 bits per heavy atom. The number of fused-ring (bicyclic) bond motifs is 12. The van der Waals surface area contributed by atoms with E-state index in [-0.39, 0.29) is 16.2 Å². The summed E-state index contributed by atoms with van der Waals surface area (Å²) in [5, 5.41) is 5.20. The van der Waals surface area contributed by atoms with E-state index in [4.69, 9.17) is 0 Å². The van der Waals surface area contributed by atoms with Crippen LogP contribution < -0.4 is 4.90 Å². The molecule has 0 amide bonds. The average molecular weight is 676 g/mol. The highest BCUT2D eigenvalue weighted by Gasteiger charge is 2.49. The Morgan fingerprint density at radius 3 is 1.88 bits per heavy atom. The maximum absolute atomic E-state index is 2.52. The lowest BCUT2D eigenvalue weighted by Crippen LogP contribution is -2.44. The van der Waals surface area contributed by atoms with Crippen LogP contribution in [0.1, 0.15) is 63.8 Å². The van der Waals surface area contributed by atoms with Crippen molar-refractivity contribution in [1.82, 2.24) is 0 Å². The normalized spacial score (nSPS) is 16.1. The fourth-order valence-corrected chi connectivity index (χ4v) is 10.6. The summed E-state index contributed by atoms with van der Waals surface area (Å²) >= 11 is 1.87. The fourth-order valence-electron chi connectivity index (χ4n) is 9.50. The summed E-state index contributed by atoms with van der Waals surface area (Å²) in [6.45, 7) is 14.7. The van der Waals surface area contributed by atoms with Crippen molar-refractivity contribution in [3.8, 4) is 22.3 Å². The van der Waals surface area contributed by atoms with Crippen LogP contribution in [0.3, 0.4) is 0 Å². The van der Waals surface area contributed by atoms with E-state index in [1.54, 1.807) is 0 Å². The van der Waals surface area contributed by atoms with Gasteiger partial charge in [-0.25, -0.2) is 0 Å². The van der Waals surface area contributed by atoms with Crippen molar-refractivity contribution in [2.75, 3.05) is 4.90 Å². The van der Waals surface area contributed by atoms with E-state index in [2.05, 4.69) is 186 Å². The maximum Gasteiger partial charge on any atom is 0.0543 e. The summed E-state index contributed by atoms with van der Waals surface area (Å²) in [5.41, 5.74) is 14.6. The molecular formula is C49H41NS. The Hall–Kier alpha value is -5.18. The lowest BCUT2D eigenvalue weighted by molar-refractivity contribution is 0.298. The van der Waals surface area contributed by atoms with E-state index in [0.717, 1.165) is 5.69 Å². The Labute approximate surface area is 304 Å². The zero-order valence-electron chi connectivity index (χ0n) is 30.1. The van der Waals surface area contributed by atoms with Crippen LogP contribution in [0.4, 0.5) is 17.1 Å². The van der Waals surface area contributed by atoms with E-state index in [1.807, 2.05) is 11.3 Å². The lowest BCUT2D eigenvalue weighted by atomic mass is 9.54. The second-order valence-corrected chi connectivity index (χ2v) is 17.2. The van der Waals surface area contributed by atoms with Crippen molar-refractivity contribution in [3.63, 3.8) is 0 Å². The zero-order chi connectivity index (χ0) is 34.9. The summed E-state index contributed by atoms with van der Waals surface area (Å²) in [4.78, 5) is 2.49. The Kier molecular flexibility index (Phi) is 6.27. The summed E-state index contributed by atoms with van der Waals surface area (Å²) in [6, 6.07) is 52.4. The predicted molar refractivity (Wildman–Crippen MR) is 221 cm³/mol. The molecule has 8 aromatic rings. The van der Waals surface area contributed by atoms with Crippen molar-refractivity contribution in [3.05, 3.63) is 162 Å². The standard InChI is InChI=1S/C49H41NS/c1-47(2)40-29-41(50(30-16-8-7-9-17-30)31-24-27-43-37(28-31)33-19-13-15-23-42(33)51-43)32-18-10-11-20-34(32)44(40)36-25-26-39-45(46(36)47)35-21-12-14-22-38(35)48(3,4)49(39,5)6/h7-29H,1-6H3. The first-order valence-corrected chi connectivity index (χ1v) is 19.0.